The Labute approximate surface area is 170 Å². The van der Waals surface area contributed by atoms with E-state index in [9.17, 15) is 74.6 Å². The molecule has 0 radical (unpaired) electrons. The molecule has 33 heavy (non-hydrogen) atoms. The summed E-state index contributed by atoms with van der Waals surface area (Å²) in [4.78, 5) is 0. The molecule has 1 rings (SSSR count). The van der Waals surface area contributed by atoms with Gasteiger partial charge < -0.3 is 5.11 Å². The van der Waals surface area contributed by atoms with Crippen LogP contribution in [0.3, 0.4) is 0 Å². The lowest BCUT2D eigenvalue weighted by Crippen LogP contribution is -2.74. The van der Waals surface area contributed by atoms with Crippen LogP contribution < -0.4 is 0 Å². The Kier molecular flexibility index (Phi) is 6.82. The second-order valence-corrected chi connectivity index (χ2v) is 6.37. The molecular formula is C15H7F17O. The van der Waals surface area contributed by atoms with E-state index >= 15 is 0 Å². The highest BCUT2D eigenvalue weighted by atomic mass is 19.4. The molecule has 0 saturated carbocycles. The van der Waals surface area contributed by atoms with Gasteiger partial charge in [0.05, 0.1) is 6.61 Å². The first-order chi connectivity index (χ1) is 14.3. The predicted molar refractivity (Wildman–Crippen MR) is 72.0 cm³/mol. The van der Waals surface area contributed by atoms with Gasteiger partial charge in [-0.1, -0.05) is 24.3 Å². The first-order valence-electron chi connectivity index (χ1n) is 7.70. The molecule has 0 aromatic heterocycles. The first kappa shape index (κ1) is 29.0. The zero-order chi connectivity index (χ0) is 26.7. The molecule has 0 amide bonds. The lowest BCUT2D eigenvalue weighted by atomic mass is 9.87. The maximum Gasteiger partial charge on any atom is 0.460 e. The van der Waals surface area contributed by atoms with E-state index in [4.69, 9.17) is 5.11 Å². The third-order valence-electron chi connectivity index (χ3n) is 4.22. The van der Waals surface area contributed by atoms with E-state index in [1.807, 2.05) is 0 Å². The van der Waals surface area contributed by atoms with E-state index in [1.54, 1.807) is 0 Å². The molecule has 0 aliphatic heterocycles. The smallest absolute Gasteiger partial charge is 0.392 e. The Hall–Kier alpha value is -2.01. The second-order valence-electron chi connectivity index (χ2n) is 6.37. The van der Waals surface area contributed by atoms with Crippen molar-refractivity contribution in [3.63, 3.8) is 0 Å². The van der Waals surface area contributed by atoms with Gasteiger partial charge in [0.1, 0.15) is 0 Å². The van der Waals surface area contributed by atoms with Gasteiger partial charge in [-0.3, -0.25) is 0 Å². The minimum absolute atomic E-state index is 0.196. The molecule has 0 bridgehead atoms. The monoisotopic (exact) mass is 526 g/mol. The molecule has 1 aromatic carbocycles. The summed E-state index contributed by atoms with van der Waals surface area (Å²) >= 11 is 0. The molecule has 1 aromatic rings. The average Bonchev–Trinajstić information content (AvgIpc) is 2.66. The number of halogens is 17. The molecule has 192 valence electrons. The number of aliphatic hydroxyl groups is 1. The molecule has 0 atom stereocenters. The highest BCUT2D eigenvalue weighted by Gasteiger charge is 2.95. The first-order valence-corrected chi connectivity index (χ1v) is 7.70. The van der Waals surface area contributed by atoms with Crippen molar-refractivity contribution in [2.75, 3.05) is 0 Å². The molecule has 0 heterocycles. The van der Waals surface area contributed by atoms with Crippen LogP contribution in [0.15, 0.2) is 24.3 Å². The SMILES string of the molecule is OCc1ccc(C(F)(F)C(F)(F)C(F)(F)C(F)(F)C(F)(F)C(F)(F)C(F)(F)C(F)(F)F)cc1. The molecule has 1 N–H and O–H groups in total. The number of alkyl halides is 17. The summed E-state index contributed by atoms with van der Waals surface area (Å²) in [5, 5.41) is 8.67. The third kappa shape index (κ3) is 3.77. The second kappa shape index (κ2) is 7.76. The quantitative estimate of drug-likeness (QED) is 0.377. The van der Waals surface area contributed by atoms with Crippen LogP contribution in [0.4, 0.5) is 74.6 Å². The normalized spacial score (nSPS) is 15.7. The number of benzene rings is 1. The Morgan fingerprint density at radius 2 is 0.758 bits per heavy atom. The van der Waals surface area contributed by atoms with Crippen LogP contribution in [0.5, 0.6) is 0 Å². The van der Waals surface area contributed by atoms with Gasteiger partial charge in [-0.2, -0.15) is 74.6 Å². The lowest BCUT2D eigenvalue weighted by molar-refractivity contribution is -0.462. The van der Waals surface area contributed by atoms with E-state index in [2.05, 4.69) is 0 Å². The van der Waals surface area contributed by atoms with Crippen LogP contribution >= 0.6 is 0 Å². The summed E-state index contributed by atoms with van der Waals surface area (Å²) in [6.07, 6.45) is -7.79. The fraction of sp³-hybridized carbons (Fsp3) is 0.600. The van der Waals surface area contributed by atoms with Crippen molar-refractivity contribution >= 4 is 0 Å². The van der Waals surface area contributed by atoms with Gasteiger partial charge in [-0.05, 0) is 5.56 Å². The summed E-state index contributed by atoms with van der Waals surface area (Å²) in [5.41, 5.74) is -2.67. The van der Waals surface area contributed by atoms with Crippen molar-refractivity contribution in [3.05, 3.63) is 35.4 Å². The van der Waals surface area contributed by atoms with Crippen LogP contribution in [-0.2, 0) is 12.5 Å². The molecule has 0 spiro atoms. The number of hydrogen-bond acceptors (Lipinski definition) is 1. The summed E-state index contributed by atoms with van der Waals surface area (Å²) in [6.45, 7) is -0.953. The van der Waals surface area contributed by atoms with Crippen LogP contribution in [0.1, 0.15) is 11.1 Å². The maximum absolute atomic E-state index is 13.9. The highest BCUT2D eigenvalue weighted by Crippen LogP contribution is 2.64. The summed E-state index contributed by atoms with van der Waals surface area (Å²) in [6, 6.07) is 0.279. The zero-order valence-electron chi connectivity index (χ0n) is 14.9. The fourth-order valence-corrected chi connectivity index (χ4v) is 2.16. The topological polar surface area (TPSA) is 20.2 Å². The van der Waals surface area contributed by atoms with Gasteiger partial charge >= 0.3 is 47.6 Å². The van der Waals surface area contributed by atoms with Gasteiger partial charge in [0.25, 0.3) is 0 Å². The van der Waals surface area contributed by atoms with Crippen molar-refractivity contribution in [2.24, 2.45) is 0 Å². The minimum atomic E-state index is -8.65. The van der Waals surface area contributed by atoms with Crippen LogP contribution in [0.25, 0.3) is 0 Å². The van der Waals surface area contributed by atoms with Gasteiger partial charge in [0, 0.05) is 5.56 Å². The van der Waals surface area contributed by atoms with Crippen molar-refractivity contribution in [1.82, 2.24) is 0 Å². The number of rotatable bonds is 8. The Bertz CT molecular complexity index is 837. The van der Waals surface area contributed by atoms with Crippen molar-refractivity contribution in [1.29, 1.82) is 0 Å². The van der Waals surface area contributed by atoms with Crippen molar-refractivity contribution < 1.29 is 79.7 Å². The highest BCUT2D eigenvalue weighted by molar-refractivity contribution is 5.29. The third-order valence-corrected chi connectivity index (χ3v) is 4.22. The summed E-state index contributed by atoms with van der Waals surface area (Å²) in [5.74, 6) is -56.7. The Balaban J connectivity index is 3.68. The molecule has 0 aliphatic carbocycles. The summed E-state index contributed by atoms with van der Waals surface area (Å²) < 4.78 is 224. The van der Waals surface area contributed by atoms with E-state index in [-0.39, 0.29) is 17.7 Å². The van der Waals surface area contributed by atoms with Gasteiger partial charge in [0.2, 0.25) is 0 Å². The molecule has 1 nitrogen and oxygen atoms in total. The standard InChI is InChI=1S/C15H7F17O/c16-8(17,7-3-1-6(5-33)2-4-7)9(18,19)10(20,21)11(22,23)12(24,25)13(26,27)14(28,29)15(30,31)32/h1-4,33H,5H2. The predicted octanol–water partition coefficient (Wildman–Crippen LogP) is 6.64. The van der Waals surface area contributed by atoms with E-state index in [1.165, 1.54) is 0 Å². The van der Waals surface area contributed by atoms with Gasteiger partial charge in [0.15, 0.2) is 0 Å². The zero-order valence-corrected chi connectivity index (χ0v) is 14.9. The molecule has 0 saturated heterocycles. The van der Waals surface area contributed by atoms with Crippen molar-refractivity contribution in [2.45, 2.75) is 54.2 Å². The van der Waals surface area contributed by atoms with Gasteiger partial charge in [-0.25, -0.2) is 0 Å². The molecule has 18 heteroatoms. The minimum Gasteiger partial charge on any atom is -0.392 e. The van der Waals surface area contributed by atoms with Crippen LogP contribution in [0.2, 0.25) is 0 Å². The molecular weight excluding hydrogens is 519 g/mol. The van der Waals surface area contributed by atoms with Crippen LogP contribution in [0, 0.1) is 0 Å². The number of hydrogen-bond donors (Lipinski definition) is 1. The van der Waals surface area contributed by atoms with Gasteiger partial charge in [-0.15, -0.1) is 0 Å². The molecule has 0 fully saturated rings. The largest absolute Gasteiger partial charge is 0.460 e. The maximum atomic E-state index is 13.9. The fourth-order valence-electron chi connectivity index (χ4n) is 2.16. The molecule has 0 unspecified atom stereocenters. The van der Waals surface area contributed by atoms with E-state index in [0.717, 1.165) is 0 Å². The average molecular weight is 526 g/mol. The lowest BCUT2D eigenvalue weighted by Gasteiger charge is -2.42. The van der Waals surface area contributed by atoms with Crippen molar-refractivity contribution in [3.8, 4) is 0 Å². The van der Waals surface area contributed by atoms with E-state index < -0.39 is 59.8 Å². The van der Waals surface area contributed by atoms with Crippen LogP contribution in [-0.4, -0.2) is 46.8 Å². The Morgan fingerprint density at radius 1 is 0.455 bits per heavy atom. The number of aliphatic hydroxyl groups excluding tert-OH is 1. The Morgan fingerprint density at radius 3 is 1.06 bits per heavy atom. The molecule has 0 aliphatic rings. The van der Waals surface area contributed by atoms with E-state index in [0.29, 0.717) is 12.1 Å². The summed E-state index contributed by atoms with van der Waals surface area (Å²) in [7, 11) is 0.